The molecule has 0 aliphatic heterocycles. The molecular weight excluding hydrogens is 454 g/mol. The first-order valence-electron chi connectivity index (χ1n) is 12.3. The van der Waals surface area contributed by atoms with Gasteiger partial charge in [-0.1, -0.05) is 61.7 Å². The lowest BCUT2D eigenvalue weighted by atomic mass is 9.84. The van der Waals surface area contributed by atoms with Gasteiger partial charge in [-0.05, 0) is 84.1 Å². The number of thiocarbonyl (C=S) groups is 1. The van der Waals surface area contributed by atoms with Gasteiger partial charge in [0.2, 0.25) is 0 Å². The molecule has 1 saturated carbocycles. The van der Waals surface area contributed by atoms with Crippen LogP contribution in [0.25, 0.3) is 0 Å². The summed E-state index contributed by atoms with van der Waals surface area (Å²) in [6, 6.07) is 26.4. The van der Waals surface area contributed by atoms with Crippen LogP contribution in [-0.2, 0) is 6.54 Å². The van der Waals surface area contributed by atoms with Crippen LogP contribution in [0.1, 0.15) is 54.7 Å². The van der Waals surface area contributed by atoms with Gasteiger partial charge in [0, 0.05) is 6.54 Å². The van der Waals surface area contributed by atoms with Crippen LogP contribution < -0.4 is 20.2 Å². The van der Waals surface area contributed by atoms with E-state index in [0.29, 0.717) is 24.9 Å². The van der Waals surface area contributed by atoms with Crippen molar-refractivity contribution in [2.24, 2.45) is 5.10 Å². The number of rotatable bonds is 10. The van der Waals surface area contributed by atoms with Crippen LogP contribution in [-0.4, -0.2) is 24.5 Å². The maximum Gasteiger partial charge on any atom is 0.187 e. The quantitative estimate of drug-likeness (QED) is 0.155. The van der Waals surface area contributed by atoms with Gasteiger partial charge < -0.3 is 14.8 Å². The topological polar surface area (TPSA) is 54.9 Å². The van der Waals surface area contributed by atoms with Gasteiger partial charge in [-0.2, -0.15) is 5.10 Å². The number of hydrogen-bond donors (Lipinski definition) is 2. The van der Waals surface area contributed by atoms with Crippen molar-refractivity contribution in [1.29, 1.82) is 0 Å². The molecule has 35 heavy (non-hydrogen) atoms. The summed E-state index contributed by atoms with van der Waals surface area (Å²) in [4.78, 5) is 0. The molecule has 0 amide bonds. The highest BCUT2D eigenvalue weighted by molar-refractivity contribution is 7.80. The van der Waals surface area contributed by atoms with Gasteiger partial charge in [-0.15, -0.1) is 0 Å². The highest BCUT2D eigenvalue weighted by Crippen LogP contribution is 2.33. The van der Waals surface area contributed by atoms with Crippen LogP contribution in [0.3, 0.4) is 0 Å². The predicted octanol–water partition coefficient (Wildman–Crippen LogP) is 6.19. The normalized spacial score (nSPS) is 13.9. The first-order chi connectivity index (χ1) is 17.3. The van der Waals surface area contributed by atoms with E-state index in [-0.39, 0.29) is 0 Å². The molecule has 2 N–H and O–H groups in total. The molecule has 182 valence electrons. The van der Waals surface area contributed by atoms with E-state index in [1.165, 1.54) is 37.7 Å². The van der Waals surface area contributed by atoms with Crippen molar-refractivity contribution < 1.29 is 9.47 Å². The summed E-state index contributed by atoms with van der Waals surface area (Å²) in [7, 11) is 0. The second-order valence-corrected chi connectivity index (χ2v) is 9.12. The van der Waals surface area contributed by atoms with Crippen molar-refractivity contribution in [2.45, 2.75) is 44.6 Å². The van der Waals surface area contributed by atoms with Gasteiger partial charge in [0.25, 0.3) is 0 Å². The summed E-state index contributed by atoms with van der Waals surface area (Å²) in [6.45, 7) is 1.65. The molecule has 1 aliphatic carbocycles. The summed E-state index contributed by atoms with van der Waals surface area (Å²) in [5.74, 6) is 2.41. The third-order valence-electron chi connectivity index (χ3n) is 6.13. The molecule has 0 unspecified atom stereocenters. The van der Waals surface area contributed by atoms with Crippen LogP contribution in [0.5, 0.6) is 11.5 Å². The van der Waals surface area contributed by atoms with Gasteiger partial charge in [-0.3, -0.25) is 5.43 Å². The minimum absolute atomic E-state index is 0.480. The lowest BCUT2D eigenvalue weighted by molar-refractivity contribution is 0.217. The van der Waals surface area contributed by atoms with Gasteiger partial charge in [0.1, 0.15) is 24.7 Å². The maximum absolute atomic E-state index is 5.84. The predicted molar refractivity (Wildman–Crippen MR) is 146 cm³/mol. The van der Waals surface area contributed by atoms with E-state index < -0.39 is 0 Å². The minimum atomic E-state index is 0.480. The van der Waals surface area contributed by atoms with Gasteiger partial charge >= 0.3 is 0 Å². The fourth-order valence-electron chi connectivity index (χ4n) is 4.22. The van der Waals surface area contributed by atoms with E-state index in [0.717, 1.165) is 28.5 Å². The molecule has 0 aromatic heterocycles. The standard InChI is InChI=1S/C29H33N3O2S/c35-29(30-21-23-7-3-1-4-8-23)32-31-22-24-11-15-27(16-12-24)33-19-20-34-28-17-13-26(14-18-28)25-9-5-2-6-10-25/h1,3-4,7-8,11-18,22,25H,2,5-6,9-10,19-21H2,(H2,30,32,35)/b31-22-. The van der Waals surface area contributed by atoms with E-state index in [4.69, 9.17) is 21.7 Å². The summed E-state index contributed by atoms with van der Waals surface area (Å²) in [5, 5.41) is 7.80. The Morgan fingerprint density at radius 3 is 2.11 bits per heavy atom. The third kappa shape index (κ3) is 8.41. The van der Waals surface area contributed by atoms with E-state index in [1.54, 1.807) is 6.21 Å². The summed E-state index contributed by atoms with van der Waals surface area (Å²) in [5.41, 5.74) is 6.39. The van der Waals surface area contributed by atoms with Gasteiger partial charge in [0.05, 0.1) is 6.21 Å². The highest BCUT2D eigenvalue weighted by atomic mass is 32.1. The first-order valence-corrected chi connectivity index (χ1v) is 12.7. The van der Waals surface area contributed by atoms with Crippen LogP contribution in [0, 0.1) is 0 Å². The van der Waals surface area contributed by atoms with Crippen molar-refractivity contribution in [2.75, 3.05) is 13.2 Å². The van der Waals surface area contributed by atoms with Crippen molar-refractivity contribution in [3.05, 3.63) is 95.6 Å². The van der Waals surface area contributed by atoms with Crippen LogP contribution >= 0.6 is 12.2 Å². The Morgan fingerprint density at radius 1 is 0.829 bits per heavy atom. The molecule has 1 aliphatic rings. The fourth-order valence-corrected chi connectivity index (χ4v) is 4.35. The molecule has 5 nitrogen and oxygen atoms in total. The first kappa shape index (κ1) is 24.7. The smallest absolute Gasteiger partial charge is 0.187 e. The average Bonchev–Trinajstić information content (AvgIpc) is 2.92. The van der Waals surface area contributed by atoms with E-state index >= 15 is 0 Å². The Hall–Kier alpha value is -3.38. The molecule has 0 saturated heterocycles. The SMILES string of the molecule is S=C(NCc1ccccc1)N/N=C\c1ccc(OCCOc2ccc(C3CCCCC3)cc2)cc1. The minimum Gasteiger partial charge on any atom is -0.490 e. The number of hydrazone groups is 1. The largest absolute Gasteiger partial charge is 0.490 e. The van der Waals surface area contributed by atoms with Crippen molar-refractivity contribution in [3.63, 3.8) is 0 Å². The summed E-state index contributed by atoms with van der Waals surface area (Å²) < 4.78 is 11.6. The van der Waals surface area contributed by atoms with Crippen LogP contribution in [0.15, 0.2) is 84.0 Å². The maximum atomic E-state index is 5.84. The number of ether oxygens (including phenoxy) is 2. The molecule has 0 atom stereocenters. The zero-order valence-electron chi connectivity index (χ0n) is 20.0. The van der Waals surface area contributed by atoms with Crippen LogP contribution in [0.2, 0.25) is 0 Å². The zero-order valence-corrected chi connectivity index (χ0v) is 20.8. The Balaban J connectivity index is 1.12. The monoisotopic (exact) mass is 487 g/mol. The Kier molecular flexibility index (Phi) is 9.54. The number of benzene rings is 3. The number of nitrogens with one attached hydrogen (secondary N) is 2. The zero-order chi connectivity index (χ0) is 24.1. The van der Waals surface area contributed by atoms with E-state index in [9.17, 15) is 0 Å². The molecule has 0 spiro atoms. The molecule has 0 heterocycles. The number of hydrogen-bond acceptors (Lipinski definition) is 4. The van der Waals surface area contributed by atoms with Crippen molar-refractivity contribution in [1.82, 2.24) is 10.7 Å². The average molecular weight is 488 g/mol. The lowest BCUT2D eigenvalue weighted by Gasteiger charge is -2.22. The Bertz CT molecular complexity index is 1060. The molecule has 0 bridgehead atoms. The Labute approximate surface area is 213 Å². The third-order valence-corrected chi connectivity index (χ3v) is 6.37. The fraction of sp³-hybridized carbons (Fsp3) is 0.310. The molecule has 0 radical (unpaired) electrons. The second-order valence-electron chi connectivity index (χ2n) is 8.71. The molecule has 3 aromatic carbocycles. The lowest BCUT2D eigenvalue weighted by Crippen LogP contribution is -2.31. The van der Waals surface area contributed by atoms with Gasteiger partial charge in [-0.25, -0.2) is 0 Å². The Morgan fingerprint density at radius 2 is 1.46 bits per heavy atom. The van der Waals surface area contributed by atoms with Crippen molar-refractivity contribution >= 4 is 23.5 Å². The molecule has 4 rings (SSSR count). The van der Waals surface area contributed by atoms with E-state index in [2.05, 4.69) is 40.1 Å². The number of nitrogens with zero attached hydrogens (tertiary/aromatic N) is 1. The molecule has 3 aromatic rings. The molecule has 6 heteroatoms. The van der Waals surface area contributed by atoms with Crippen LogP contribution in [0.4, 0.5) is 0 Å². The van der Waals surface area contributed by atoms with Crippen molar-refractivity contribution in [3.8, 4) is 11.5 Å². The van der Waals surface area contributed by atoms with E-state index in [1.807, 2.05) is 54.6 Å². The summed E-state index contributed by atoms with van der Waals surface area (Å²) in [6.07, 6.45) is 8.44. The summed E-state index contributed by atoms with van der Waals surface area (Å²) >= 11 is 5.25. The molecule has 1 fully saturated rings. The van der Waals surface area contributed by atoms with Gasteiger partial charge in [0.15, 0.2) is 5.11 Å². The highest BCUT2D eigenvalue weighted by Gasteiger charge is 2.15. The molecular formula is C29H33N3O2S. The second kappa shape index (κ2) is 13.5.